The molecule has 1 aromatic carbocycles. The third kappa shape index (κ3) is 4.95. The Morgan fingerprint density at radius 1 is 1.24 bits per heavy atom. The van der Waals surface area contributed by atoms with Gasteiger partial charge in [0.15, 0.2) is 0 Å². The number of nitrogens with zero attached hydrogens (tertiary/aromatic N) is 4. The van der Waals surface area contributed by atoms with Crippen LogP contribution in [0.25, 0.3) is 0 Å². The molecular weight excluding hydrogens is 426 g/mol. The van der Waals surface area contributed by atoms with Gasteiger partial charge in [-0.15, -0.1) is 0 Å². The van der Waals surface area contributed by atoms with Crippen molar-refractivity contribution in [2.45, 2.75) is 37.5 Å². The summed E-state index contributed by atoms with van der Waals surface area (Å²) in [5, 5.41) is 2.74. The van der Waals surface area contributed by atoms with Crippen LogP contribution in [0.5, 0.6) is 5.75 Å². The summed E-state index contributed by atoms with van der Waals surface area (Å²) in [6.07, 6.45) is 5.44. The van der Waals surface area contributed by atoms with Crippen molar-refractivity contribution < 1.29 is 23.9 Å². The normalized spacial score (nSPS) is 22.2. The zero-order valence-corrected chi connectivity index (χ0v) is 18.9. The number of anilines is 1. The lowest BCUT2D eigenvalue weighted by Crippen LogP contribution is -2.53. The molecule has 0 aliphatic carbocycles. The van der Waals surface area contributed by atoms with Gasteiger partial charge in [0.25, 0.3) is 11.8 Å². The molecule has 33 heavy (non-hydrogen) atoms. The maximum atomic E-state index is 13.3. The van der Waals surface area contributed by atoms with Crippen LogP contribution in [0.1, 0.15) is 40.1 Å². The van der Waals surface area contributed by atoms with Crippen LogP contribution >= 0.6 is 0 Å². The van der Waals surface area contributed by atoms with Gasteiger partial charge in [-0.05, 0) is 31.0 Å². The molecule has 2 aliphatic rings. The summed E-state index contributed by atoms with van der Waals surface area (Å²) in [6, 6.07) is 4.75. The molecule has 1 fully saturated rings. The average molecular weight is 453 g/mol. The van der Waals surface area contributed by atoms with Crippen LogP contribution in [0.3, 0.4) is 0 Å². The maximum absolute atomic E-state index is 13.3. The van der Waals surface area contributed by atoms with E-state index in [4.69, 9.17) is 9.47 Å². The first-order valence-electron chi connectivity index (χ1n) is 10.8. The van der Waals surface area contributed by atoms with Crippen molar-refractivity contribution in [1.82, 2.24) is 19.8 Å². The summed E-state index contributed by atoms with van der Waals surface area (Å²) in [4.78, 5) is 48.9. The van der Waals surface area contributed by atoms with E-state index in [-0.39, 0.29) is 42.4 Å². The largest absolute Gasteiger partial charge is 0.490 e. The van der Waals surface area contributed by atoms with Crippen molar-refractivity contribution in [2.24, 2.45) is 0 Å². The Morgan fingerprint density at radius 2 is 2.06 bits per heavy atom. The molecule has 10 heteroatoms. The molecule has 3 amide bonds. The molecular formula is C23H27N5O5. The van der Waals surface area contributed by atoms with Gasteiger partial charge in [0.2, 0.25) is 5.91 Å². The van der Waals surface area contributed by atoms with Gasteiger partial charge in [-0.2, -0.15) is 0 Å². The summed E-state index contributed by atoms with van der Waals surface area (Å²) >= 11 is 0. The fourth-order valence-electron chi connectivity index (χ4n) is 4.09. The Hall–Kier alpha value is -3.53. The number of nitrogens with one attached hydrogen (secondary N) is 1. The van der Waals surface area contributed by atoms with Crippen LogP contribution in [0.4, 0.5) is 5.69 Å². The fourth-order valence-corrected chi connectivity index (χ4v) is 4.09. The molecule has 0 spiro atoms. The van der Waals surface area contributed by atoms with E-state index in [0.717, 1.165) is 0 Å². The summed E-state index contributed by atoms with van der Waals surface area (Å²) in [5.74, 6) is -0.217. The Labute approximate surface area is 191 Å². The number of carbonyl (C=O) groups excluding carboxylic acids is 3. The SMILES string of the molecule is CN(C)C(=O)C[C@@H]1CC[C@@H]2[C@H](COc3ccc(NC(=O)c4cnccn4)cc3C(=O)N2C)O1. The first kappa shape index (κ1) is 22.7. The van der Waals surface area contributed by atoms with Gasteiger partial charge < -0.3 is 24.6 Å². The molecule has 1 saturated heterocycles. The predicted molar refractivity (Wildman–Crippen MR) is 119 cm³/mol. The van der Waals surface area contributed by atoms with Crippen LogP contribution in [-0.2, 0) is 9.53 Å². The first-order chi connectivity index (χ1) is 15.8. The highest BCUT2D eigenvalue weighted by Gasteiger charge is 2.39. The van der Waals surface area contributed by atoms with E-state index in [1.807, 2.05) is 0 Å². The Bertz CT molecular complexity index is 1040. The van der Waals surface area contributed by atoms with Gasteiger partial charge in [0.1, 0.15) is 24.2 Å². The van der Waals surface area contributed by atoms with E-state index in [1.54, 1.807) is 49.1 Å². The molecule has 3 heterocycles. The van der Waals surface area contributed by atoms with E-state index in [0.29, 0.717) is 36.3 Å². The zero-order chi connectivity index (χ0) is 23.5. The minimum absolute atomic E-state index is 0.0102. The van der Waals surface area contributed by atoms with Crippen LogP contribution in [0.15, 0.2) is 36.8 Å². The number of aromatic nitrogens is 2. The highest BCUT2D eigenvalue weighted by molar-refractivity contribution is 6.04. The second kappa shape index (κ2) is 9.53. The van der Waals surface area contributed by atoms with Crippen molar-refractivity contribution in [3.05, 3.63) is 48.0 Å². The van der Waals surface area contributed by atoms with Gasteiger partial charge in [-0.3, -0.25) is 19.4 Å². The number of rotatable bonds is 4. The summed E-state index contributed by atoms with van der Waals surface area (Å²) in [7, 11) is 5.19. The quantitative estimate of drug-likeness (QED) is 0.748. The Balaban J connectivity index is 1.50. The number of ether oxygens (including phenoxy) is 2. The van der Waals surface area contributed by atoms with Crippen molar-refractivity contribution in [2.75, 3.05) is 33.1 Å². The molecule has 174 valence electrons. The van der Waals surface area contributed by atoms with Gasteiger partial charge in [-0.25, -0.2) is 4.98 Å². The molecule has 0 radical (unpaired) electrons. The molecule has 4 rings (SSSR count). The van der Waals surface area contributed by atoms with E-state index < -0.39 is 5.91 Å². The van der Waals surface area contributed by atoms with Crippen molar-refractivity contribution in [3.8, 4) is 5.75 Å². The van der Waals surface area contributed by atoms with Gasteiger partial charge >= 0.3 is 0 Å². The highest BCUT2D eigenvalue weighted by atomic mass is 16.5. The van der Waals surface area contributed by atoms with Crippen LogP contribution in [0.2, 0.25) is 0 Å². The molecule has 2 aliphatic heterocycles. The van der Waals surface area contributed by atoms with Crippen LogP contribution in [-0.4, -0.2) is 83.5 Å². The Kier molecular flexibility index (Phi) is 6.55. The van der Waals surface area contributed by atoms with E-state index in [9.17, 15) is 14.4 Å². The minimum Gasteiger partial charge on any atom is -0.490 e. The van der Waals surface area contributed by atoms with Crippen LogP contribution in [0, 0.1) is 0 Å². The summed E-state index contributed by atoms with van der Waals surface area (Å²) < 4.78 is 12.1. The predicted octanol–water partition coefficient (Wildman–Crippen LogP) is 1.59. The van der Waals surface area contributed by atoms with E-state index in [1.165, 1.54) is 18.6 Å². The van der Waals surface area contributed by atoms with E-state index >= 15 is 0 Å². The molecule has 0 unspecified atom stereocenters. The summed E-state index contributed by atoms with van der Waals surface area (Å²) in [5.41, 5.74) is 0.986. The fraction of sp³-hybridized carbons (Fsp3) is 0.435. The van der Waals surface area contributed by atoms with Crippen molar-refractivity contribution >= 4 is 23.4 Å². The Morgan fingerprint density at radius 3 is 2.79 bits per heavy atom. The number of benzene rings is 1. The smallest absolute Gasteiger partial charge is 0.275 e. The second-order valence-electron chi connectivity index (χ2n) is 8.42. The van der Waals surface area contributed by atoms with Gasteiger partial charge in [-0.1, -0.05) is 0 Å². The number of likely N-dealkylation sites (N-methyl/N-ethyl adjacent to an activating group) is 1. The number of hydrogen-bond acceptors (Lipinski definition) is 7. The zero-order valence-electron chi connectivity index (χ0n) is 18.9. The molecule has 0 bridgehead atoms. The minimum atomic E-state index is -0.422. The monoisotopic (exact) mass is 453 g/mol. The summed E-state index contributed by atoms with van der Waals surface area (Å²) in [6.45, 7) is 0.257. The first-order valence-corrected chi connectivity index (χ1v) is 10.8. The molecule has 0 saturated carbocycles. The molecule has 10 nitrogen and oxygen atoms in total. The van der Waals surface area contributed by atoms with Crippen LogP contribution < -0.4 is 10.1 Å². The molecule has 2 aromatic rings. The molecule has 1 aromatic heterocycles. The lowest BCUT2D eigenvalue weighted by molar-refractivity contribution is -0.140. The maximum Gasteiger partial charge on any atom is 0.275 e. The van der Waals surface area contributed by atoms with Crippen molar-refractivity contribution in [1.29, 1.82) is 0 Å². The standard InChI is InChI=1S/C23H27N5O5/c1-27(2)21(29)11-15-5-6-18-20(33-15)13-32-19-7-4-14(10-16(19)23(31)28(18)3)26-22(30)17-12-24-8-9-25-17/h4,7-10,12,15,18,20H,5-6,11,13H2,1-3H3,(H,26,30)/t15-,18+,20-/m0/s1. The topological polar surface area (TPSA) is 114 Å². The number of amides is 3. The van der Waals surface area contributed by atoms with Gasteiger partial charge in [0, 0.05) is 39.2 Å². The number of hydrogen-bond donors (Lipinski definition) is 1. The lowest BCUT2D eigenvalue weighted by atomic mass is 9.94. The molecule has 3 atom stereocenters. The lowest BCUT2D eigenvalue weighted by Gasteiger charge is -2.42. The highest BCUT2D eigenvalue weighted by Crippen LogP contribution is 2.32. The number of carbonyl (C=O) groups is 3. The number of fused-ring (bicyclic) bond motifs is 2. The van der Waals surface area contributed by atoms with Crippen molar-refractivity contribution in [3.63, 3.8) is 0 Å². The second-order valence-corrected chi connectivity index (χ2v) is 8.42. The molecule has 1 N–H and O–H groups in total. The third-order valence-electron chi connectivity index (χ3n) is 5.97. The average Bonchev–Trinajstić information content (AvgIpc) is 2.82. The van der Waals surface area contributed by atoms with E-state index in [2.05, 4.69) is 15.3 Å². The third-order valence-corrected chi connectivity index (χ3v) is 5.97. The van der Waals surface area contributed by atoms with Gasteiger partial charge in [0.05, 0.1) is 30.3 Å².